The summed E-state index contributed by atoms with van der Waals surface area (Å²) in [6.07, 6.45) is 2.66. The summed E-state index contributed by atoms with van der Waals surface area (Å²) in [7, 11) is -3.45. The van der Waals surface area contributed by atoms with E-state index in [1.165, 1.54) is 12.8 Å². The van der Waals surface area contributed by atoms with Crippen LogP contribution in [0, 0.1) is 5.92 Å². The molecule has 0 aromatic heterocycles. The zero-order chi connectivity index (χ0) is 15.2. The number of hydrogen-bond acceptors (Lipinski definition) is 5. The maximum Gasteiger partial charge on any atom is 0.243 e. The van der Waals surface area contributed by atoms with Crippen LogP contribution in [0.3, 0.4) is 0 Å². The van der Waals surface area contributed by atoms with Crippen LogP contribution in [0.25, 0.3) is 0 Å². The van der Waals surface area contributed by atoms with Gasteiger partial charge in [-0.2, -0.15) is 4.31 Å². The Balaban J connectivity index is 1.46. The largest absolute Gasteiger partial charge is 0.454 e. The summed E-state index contributed by atoms with van der Waals surface area (Å²) >= 11 is 0. The van der Waals surface area contributed by atoms with Crippen LogP contribution in [0.5, 0.6) is 11.5 Å². The minimum atomic E-state index is -3.45. The summed E-state index contributed by atoms with van der Waals surface area (Å²) in [5.41, 5.74) is 0. The quantitative estimate of drug-likeness (QED) is 0.831. The molecule has 4 rings (SSSR count). The van der Waals surface area contributed by atoms with Crippen LogP contribution in [0.1, 0.15) is 12.8 Å². The van der Waals surface area contributed by atoms with Gasteiger partial charge in [0.25, 0.3) is 0 Å². The number of hydrogen-bond donors (Lipinski definition) is 0. The number of ether oxygens (including phenoxy) is 2. The average Bonchev–Trinajstić information content (AvgIpc) is 3.21. The molecule has 0 spiro atoms. The van der Waals surface area contributed by atoms with Crippen molar-refractivity contribution in [3.63, 3.8) is 0 Å². The molecule has 0 N–H and O–H groups in total. The Labute approximate surface area is 130 Å². The molecule has 0 radical (unpaired) electrons. The highest BCUT2D eigenvalue weighted by Gasteiger charge is 2.32. The van der Waals surface area contributed by atoms with E-state index in [9.17, 15) is 8.42 Å². The molecule has 3 aliphatic rings. The van der Waals surface area contributed by atoms with Crippen molar-refractivity contribution < 1.29 is 17.9 Å². The van der Waals surface area contributed by atoms with Crippen LogP contribution >= 0.6 is 0 Å². The highest BCUT2D eigenvalue weighted by atomic mass is 32.2. The number of fused-ring (bicyclic) bond motifs is 1. The molecule has 2 aliphatic heterocycles. The molecule has 0 unspecified atom stereocenters. The average molecular weight is 324 g/mol. The van der Waals surface area contributed by atoms with Crippen molar-refractivity contribution in [1.82, 2.24) is 9.21 Å². The minimum absolute atomic E-state index is 0.151. The van der Waals surface area contributed by atoms with Gasteiger partial charge in [0.15, 0.2) is 11.5 Å². The number of nitrogens with zero attached hydrogens (tertiary/aromatic N) is 2. The van der Waals surface area contributed by atoms with E-state index in [1.807, 2.05) is 0 Å². The molecule has 0 bridgehead atoms. The molecule has 1 saturated carbocycles. The second-order valence-electron chi connectivity index (χ2n) is 6.16. The van der Waals surface area contributed by atoms with Crippen molar-refractivity contribution >= 4 is 10.0 Å². The first-order chi connectivity index (χ1) is 10.6. The Bertz CT molecular complexity index is 664. The summed E-state index contributed by atoms with van der Waals surface area (Å²) in [5, 5.41) is 0. The Kier molecular flexibility index (Phi) is 3.51. The van der Waals surface area contributed by atoms with E-state index >= 15 is 0 Å². The Morgan fingerprint density at radius 3 is 2.50 bits per heavy atom. The first-order valence-corrected chi connectivity index (χ1v) is 9.19. The van der Waals surface area contributed by atoms with Crippen LogP contribution in [0.2, 0.25) is 0 Å². The lowest BCUT2D eigenvalue weighted by Gasteiger charge is -2.34. The van der Waals surface area contributed by atoms with Crippen LogP contribution in [0.15, 0.2) is 23.1 Å². The predicted octanol–water partition coefficient (Wildman–Crippen LogP) is 1.13. The third-order valence-corrected chi connectivity index (χ3v) is 6.42. The van der Waals surface area contributed by atoms with Crippen molar-refractivity contribution in [3.05, 3.63) is 18.2 Å². The van der Waals surface area contributed by atoms with Crippen molar-refractivity contribution in [2.24, 2.45) is 5.92 Å². The monoisotopic (exact) mass is 324 g/mol. The van der Waals surface area contributed by atoms with Gasteiger partial charge in [-0.1, -0.05) is 0 Å². The predicted molar refractivity (Wildman–Crippen MR) is 80.5 cm³/mol. The lowest BCUT2D eigenvalue weighted by Crippen LogP contribution is -2.49. The van der Waals surface area contributed by atoms with E-state index in [1.54, 1.807) is 22.5 Å². The van der Waals surface area contributed by atoms with Crippen LogP contribution in [-0.2, 0) is 10.0 Å². The van der Waals surface area contributed by atoms with Gasteiger partial charge in [-0.25, -0.2) is 8.42 Å². The molecule has 2 heterocycles. The van der Waals surface area contributed by atoms with Crippen molar-refractivity contribution in [2.75, 3.05) is 39.5 Å². The number of rotatable bonds is 4. The fourth-order valence-electron chi connectivity index (χ4n) is 3.00. The third-order valence-electron chi connectivity index (χ3n) is 4.53. The maximum atomic E-state index is 12.7. The molecule has 1 aromatic rings. The fourth-order valence-corrected chi connectivity index (χ4v) is 4.44. The molecular weight excluding hydrogens is 304 g/mol. The van der Waals surface area contributed by atoms with E-state index in [2.05, 4.69) is 4.90 Å². The van der Waals surface area contributed by atoms with E-state index in [0.717, 1.165) is 25.6 Å². The van der Waals surface area contributed by atoms with Crippen LogP contribution in [0.4, 0.5) is 0 Å². The lowest BCUT2D eigenvalue weighted by atomic mass is 10.3. The lowest BCUT2D eigenvalue weighted by molar-refractivity contribution is 0.173. The molecule has 120 valence electrons. The van der Waals surface area contributed by atoms with Gasteiger partial charge < -0.3 is 14.4 Å². The van der Waals surface area contributed by atoms with Gasteiger partial charge in [0.2, 0.25) is 16.8 Å². The Morgan fingerprint density at radius 1 is 1.05 bits per heavy atom. The van der Waals surface area contributed by atoms with Crippen molar-refractivity contribution in [3.8, 4) is 11.5 Å². The minimum Gasteiger partial charge on any atom is -0.454 e. The topological polar surface area (TPSA) is 59.1 Å². The van der Waals surface area contributed by atoms with Gasteiger partial charge in [-0.15, -0.1) is 0 Å². The Hall–Kier alpha value is -1.31. The summed E-state index contributed by atoms with van der Waals surface area (Å²) in [6.45, 7) is 4.03. The normalized spacial score (nSPS) is 22.9. The van der Waals surface area contributed by atoms with Gasteiger partial charge in [-0.05, 0) is 30.9 Å². The second-order valence-corrected chi connectivity index (χ2v) is 8.10. The summed E-state index contributed by atoms with van der Waals surface area (Å²) < 4.78 is 37.6. The molecule has 1 saturated heterocycles. The maximum absolute atomic E-state index is 12.7. The molecule has 6 nitrogen and oxygen atoms in total. The Morgan fingerprint density at radius 2 is 1.77 bits per heavy atom. The number of piperazine rings is 1. The molecule has 22 heavy (non-hydrogen) atoms. The molecule has 2 fully saturated rings. The zero-order valence-corrected chi connectivity index (χ0v) is 13.2. The van der Waals surface area contributed by atoms with Gasteiger partial charge in [0.05, 0.1) is 4.90 Å². The van der Waals surface area contributed by atoms with E-state index in [4.69, 9.17) is 9.47 Å². The SMILES string of the molecule is O=S(=O)(c1ccc2c(c1)OCO2)N1CCN(CC2CC2)CC1. The van der Waals surface area contributed by atoms with Gasteiger partial charge in [0, 0.05) is 38.8 Å². The summed E-state index contributed by atoms with van der Waals surface area (Å²) in [4.78, 5) is 2.66. The van der Waals surface area contributed by atoms with Crippen LogP contribution < -0.4 is 9.47 Å². The zero-order valence-electron chi connectivity index (χ0n) is 12.4. The molecule has 0 atom stereocenters. The highest BCUT2D eigenvalue weighted by molar-refractivity contribution is 7.89. The first-order valence-electron chi connectivity index (χ1n) is 7.75. The third kappa shape index (κ3) is 2.68. The van der Waals surface area contributed by atoms with Crippen molar-refractivity contribution in [2.45, 2.75) is 17.7 Å². The molecule has 1 aliphatic carbocycles. The smallest absolute Gasteiger partial charge is 0.243 e. The molecule has 0 amide bonds. The molecule has 7 heteroatoms. The second kappa shape index (κ2) is 5.40. The number of sulfonamides is 1. The van der Waals surface area contributed by atoms with Gasteiger partial charge in [0.1, 0.15) is 0 Å². The van der Waals surface area contributed by atoms with Crippen LogP contribution in [-0.4, -0.2) is 57.1 Å². The first kappa shape index (κ1) is 14.3. The van der Waals surface area contributed by atoms with Gasteiger partial charge >= 0.3 is 0 Å². The number of benzene rings is 1. The van der Waals surface area contributed by atoms with E-state index in [0.29, 0.717) is 24.6 Å². The summed E-state index contributed by atoms with van der Waals surface area (Å²) in [5.74, 6) is 1.96. The standard InChI is InChI=1S/C15H20N2O4S/c18-22(19,13-3-4-14-15(9-13)21-11-20-14)17-7-5-16(6-8-17)10-12-1-2-12/h3-4,9,12H,1-2,5-8,10-11H2. The van der Waals surface area contributed by atoms with Gasteiger partial charge in [-0.3, -0.25) is 0 Å². The summed E-state index contributed by atoms with van der Waals surface area (Å²) in [6, 6.07) is 4.83. The molecular formula is C15H20N2O4S. The fraction of sp³-hybridized carbons (Fsp3) is 0.600. The van der Waals surface area contributed by atoms with E-state index in [-0.39, 0.29) is 11.7 Å². The van der Waals surface area contributed by atoms with E-state index < -0.39 is 10.0 Å². The van der Waals surface area contributed by atoms with Crippen molar-refractivity contribution in [1.29, 1.82) is 0 Å². The molecule has 1 aromatic carbocycles. The highest BCUT2D eigenvalue weighted by Crippen LogP contribution is 2.35.